The fourth-order valence-corrected chi connectivity index (χ4v) is 2.03. The van der Waals surface area contributed by atoms with Gasteiger partial charge in [-0.2, -0.15) is 0 Å². The van der Waals surface area contributed by atoms with Crippen LogP contribution in [0.1, 0.15) is 0 Å². The number of ether oxygens (including phenoxy) is 2. The van der Waals surface area contributed by atoms with E-state index in [0.29, 0.717) is 0 Å². The largest absolute Gasteiger partial charge is 1.00 e. The molecule has 2 N–H and O–H groups in total. The molecule has 0 unspecified atom stereocenters. The van der Waals surface area contributed by atoms with E-state index in [1.165, 1.54) is 18.2 Å². The zero-order valence-corrected chi connectivity index (χ0v) is 14.3. The molecule has 0 aliphatic rings. The Hall–Kier alpha value is 0.286. The molecule has 0 atom stereocenters. The number of rotatable bonds is 7. The molecule has 0 fully saturated rings. The molecule has 0 aromatic heterocycles. The standard InChI is InChI=1S/C10H14O7S.K/c11-4-6-16-8-2-1-3-9(17-7-5-12)10(8)18(13,14)15;/h1-3,11-12H,4-7H2,(H,13,14,15);/q;+1/p-1. The summed E-state index contributed by atoms with van der Waals surface area (Å²) in [5.41, 5.74) is 0. The van der Waals surface area contributed by atoms with Gasteiger partial charge in [0.2, 0.25) is 0 Å². The maximum absolute atomic E-state index is 11.2. The minimum Gasteiger partial charge on any atom is -0.744 e. The number of aliphatic hydroxyl groups excluding tert-OH is 2. The molecule has 0 spiro atoms. The van der Waals surface area contributed by atoms with Gasteiger partial charge < -0.3 is 24.2 Å². The number of benzene rings is 1. The Morgan fingerprint density at radius 3 is 1.79 bits per heavy atom. The Morgan fingerprint density at radius 1 is 1.05 bits per heavy atom. The molecular formula is C10H13KO7S. The second kappa shape index (κ2) is 9.26. The maximum atomic E-state index is 11.2. The van der Waals surface area contributed by atoms with Crippen molar-refractivity contribution in [2.75, 3.05) is 26.4 Å². The Bertz CT molecular complexity index is 462. The first kappa shape index (κ1) is 19.3. The quantitative estimate of drug-likeness (QED) is 0.393. The molecule has 0 amide bonds. The zero-order valence-electron chi connectivity index (χ0n) is 10.4. The van der Waals surface area contributed by atoms with Crippen molar-refractivity contribution in [1.82, 2.24) is 0 Å². The van der Waals surface area contributed by atoms with Crippen LogP contribution >= 0.6 is 0 Å². The first-order chi connectivity index (χ1) is 8.50. The summed E-state index contributed by atoms with van der Waals surface area (Å²) in [5, 5.41) is 17.2. The van der Waals surface area contributed by atoms with Crippen LogP contribution < -0.4 is 60.9 Å². The van der Waals surface area contributed by atoms with Gasteiger partial charge >= 0.3 is 51.4 Å². The first-order valence-electron chi connectivity index (χ1n) is 5.07. The summed E-state index contributed by atoms with van der Waals surface area (Å²) >= 11 is 0. The van der Waals surface area contributed by atoms with Gasteiger partial charge in [0.1, 0.15) is 39.7 Å². The van der Waals surface area contributed by atoms with Crippen LogP contribution in [0.4, 0.5) is 0 Å². The van der Waals surface area contributed by atoms with Gasteiger partial charge in [0, 0.05) is 0 Å². The van der Waals surface area contributed by atoms with Crippen LogP contribution in [0.25, 0.3) is 0 Å². The number of aliphatic hydroxyl groups is 2. The molecule has 0 aliphatic heterocycles. The van der Waals surface area contributed by atoms with Gasteiger partial charge in [0.25, 0.3) is 0 Å². The van der Waals surface area contributed by atoms with E-state index in [2.05, 4.69) is 0 Å². The molecule has 1 rings (SSSR count). The van der Waals surface area contributed by atoms with Crippen LogP contribution in [0.3, 0.4) is 0 Å². The number of hydrogen-bond acceptors (Lipinski definition) is 7. The van der Waals surface area contributed by atoms with Gasteiger partial charge in [-0.1, -0.05) is 6.07 Å². The minimum absolute atomic E-state index is 0. The third kappa shape index (κ3) is 6.06. The van der Waals surface area contributed by atoms with E-state index >= 15 is 0 Å². The van der Waals surface area contributed by atoms with Gasteiger partial charge in [-0.05, 0) is 12.1 Å². The molecule has 9 heteroatoms. The summed E-state index contributed by atoms with van der Waals surface area (Å²) < 4.78 is 43.4. The Labute approximate surface area is 153 Å². The molecule has 19 heavy (non-hydrogen) atoms. The minimum atomic E-state index is -4.79. The average molecular weight is 316 g/mol. The summed E-state index contributed by atoms with van der Waals surface area (Å²) in [7, 11) is -4.79. The fraction of sp³-hybridized carbons (Fsp3) is 0.400. The van der Waals surface area contributed by atoms with Gasteiger partial charge in [-0.25, -0.2) is 8.42 Å². The van der Waals surface area contributed by atoms with Crippen LogP contribution in [-0.4, -0.2) is 49.6 Å². The van der Waals surface area contributed by atoms with Crippen LogP contribution in [-0.2, 0) is 10.1 Å². The van der Waals surface area contributed by atoms with Gasteiger partial charge in [0.15, 0.2) is 0 Å². The summed E-state index contributed by atoms with van der Waals surface area (Å²) in [6.45, 7) is -0.932. The maximum Gasteiger partial charge on any atom is 1.00 e. The molecule has 102 valence electrons. The molecule has 1 aromatic carbocycles. The van der Waals surface area contributed by atoms with E-state index in [9.17, 15) is 13.0 Å². The first-order valence-corrected chi connectivity index (χ1v) is 6.47. The molecule has 0 bridgehead atoms. The predicted octanol–water partition coefficient (Wildman–Crippen LogP) is -3.66. The van der Waals surface area contributed by atoms with Crippen molar-refractivity contribution >= 4 is 10.1 Å². The Balaban J connectivity index is 0.00000324. The summed E-state index contributed by atoms with van der Waals surface area (Å²) in [4.78, 5) is -0.632. The Kier molecular flexibility index (Phi) is 9.40. The van der Waals surface area contributed by atoms with E-state index in [4.69, 9.17) is 19.7 Å². The SMILES string of the molecule is O=S(=O)([O-])c1c(OCCO)cccc1OCCO.[K+]. The van der Waals surface area contributed by atoms with Gasteiger partial charge in [-0.15, -0.1) is 0 Å². The van der Waals surface area contributed by atoms with E-state index in [0.717, 1.165) is 0 Å². The smallest absolute Gasteiger partial charge is 0.744 e. The second-order valence-corrected chi connectivity index (χ2v) is 4.50. The van der Waals surface area contributed by atoms with Crippen molar-refractivity contribution < 1.29 is 84.0 Å². The van der Waals surface area contributed by atoms with E-state index in [-0.39, 0.29) is 89.3 Å². The van der Waals surface area contributed by atoms with Crippen molar-refractivity contribution in [2.45, 2.75) is 4.90 Å². The normalized spacial score (nSPS) is 10.7. The molecule has 0 heterocycles. The molecule has 0 aliphatic carbocycles. The summed E-state index contributed by atoms with van der Waals surface area (Å²) in [5.74, 6) is -0.371. The predicted molar refractivity (Wildman–Crippen MR) is 59.6 cm³/mol. The van der Waals surface area contributed by atoms with Crippen molar-refractivity contribution in [3.8, 4) is 11.5 Å². The van der Waals surface area contributed by atoms with E-state index < -0.39 is 15.0 Å². The second-order valence-electron chi connectivity index (χ2n) is 3.18. The van der Waals surface area contributed by atoms with Gasteiger partial charge in [-0.3, -0.25) is 0 Å². The van der Waals surface area contributed by atoms with Crippen molar-refractivity contribution in [1.29, 1.82) is 0 Å². The molecular weight excluding hydrogens is 303 g/mol. The van der Waals surface area contributed by atoms with Crippen LogP contribution in [0, 0.1) is 0 Å². The average Bonchev–Trinajstić information content (AvgIpc) is 2.32. The Morgan fingerprint density at radius 2 is 1.47 bits per heavy atom. The zero-order chi connectivity index (χ0) is 13.6. The van der Waals surface area contributed by atoms with Crippen LogP contribution in [0.15, 0.2) is 23.1 Å². The third-order valence-corrected chi connectivity index (χ3v) is 2.79. The topological polar surface area (TPSA) is 116 Å². The molecule has 7 nitrogen and oxygen atoms in total. The molecule has 0 saturated carbocycles. The summed E-state index contributed by atoms with van der Waals surface area (Å²) in [6, 6.07) is 4.01. The monoisotopic (exact) mass is 316 g/mol. The van der Waals surface area contributed by atoms with Crippen molar-refractivity contribution in [3.05, 3.63) is 18.2 Å². The van der Waals surface area contributed by atoms with Crippen LogP contribution in [0.5, 0.6) is 11.5 Å². The van der Waals surface area contributed by atoms with Crippen LogP contribution in [0.2, 0.25) is 0 Å². The number of hydrogen-bond donors (Lipinski definition) is 2. The molecule has 0 radical (unpaired) electrons. The van der Waals surface area contributed by atoms with Crippen molar-refractivity contribution in [3.63, 3.8) is 0 Å². The van der Waals surface area contributed by atoms with E-state index in [1.807, 2.05) is 0 Å². The van der Waals surface area contributed by atoms with Gasteiger partial charge in [0.05, 0.1) is 13.2 Å². The summed E-state index contributed by atoms with van der Waals surface area (Å²) in [6.07, 6.45) is 0. The van der Waals surface area contributed by atoms with Crippen molar-refractivity contribution in [2.24, 2.45) is 0 Å². The third-order valence-electron chi connectivity index (χ3n) is 1.89. The molecule has 0 saturated heterocycles. The molecule has 1 aromatic rings. The fourth-order valence-electron chi connectivity index (χ4n) is 1.28. The van der Waals surface area contributed by atoms with E-state index in [1.54, 1.807) is 0 Å².